The maximum absolute atomic E-state index is 13.4. The molecule has 2 aliphatic rings. The van der Waals surface area contributed by atoms with Gasteiger partial charge in [-0.15, -0.1) is 0 Å². The third-order valence-electron chi connectivity index (χ3n) is 4.19. The van der Waals surface area contributed by atoms with Crippen LogP contribution in [0.1, 0.15) is 43.2 Å². The van der Waals surface area contributed by atoms with E-state index in [2.05, 4.69) is 0 Å². The number of nitriles is 1. The molecule has 2 atom stereocenters. The van der Waals surface area contributed by atoms with Crippen LogP contribution in [0.2, 0.25) is 0 Å². The van der Waals surface area contributed by atoms with Crippen molar-refractivity contribution in [3.05, 3.63) is 35.1 Å². The molecule has 0 aromatic heterocycles. The summed E-state index contributed by atoms with van der Waals surface area (Å²) in [5.74, 6) is -0.514. The molecule has 0 spiro atoms. The minimum absolute atomic E-state index is 0.0225. The molecule has 4 heteroatoms. The molecule has 2 bridgehead atoms. The van der Waals surface area contributed by atoms with Crippen molar-refractivity contribution in [3.8, 4) is 6.07 Å². The number of rotatable bonds is 1. The summed E-state index contributed by atoms with van der Waals surface area (Å²) in [5, 5.41) is 20.8. The predicted octanol–water partition coefficient (Wildman–Crippen LogP) is 3.33. The monoisotopic (exact) mass is 277 g/mol. The van der Waals surface area contributed by atoms with E-state index in [0.717, 1.165) is 12.8 Å². The number of fused-ring (bicyclic) bond motifs is 2. The Bertz CT molecular complexity index is 527. The molecule has 1 aromatic carbocycles. The number of aliphatic hydroxyl groups is 1. The van der Waals surface area contributed by atoms with Gasteiger partial charge in [-0.2, -0.15) is 17.0 Å². The number of hydrogen-bond acceptors (Lipinski definition) is 3. The second-order valence-corrected chi connectivity index (χ2v) is 7.16. The van der Waals surface area contributed by atoms with Crippen LogP contribution in [0, 0.1) is 17.1 Å². The first-order valence-electron chi connectivity index (χ1n) is 6.69. The number of nitrogens with zero attached hydrogens (tertiary/aromatic N) is 1. The highest BCUT2D eigenvalue weighted by Gasteiger charge is 2.42. The average molecular weight is 277 g/mol. The molecule has 3 rings (SSSR count). The summed E-state index contributed by atoms with van der Waals surface area (Å²) in [4.78, 5) is 0. The second kappa shape index (κ2) is 4.81. The van der Waals surface area contributed by atoms with E-state index in [1.807, 2.05) is 17.8 Å². The predicted molar refractivity (Wildman–Crippen MR) is 73.3 cm³/mol. The van der Waals surface area contributed by atoms with E-state index < -0.39 is 11.4 Å². The minimum Gasteiger partial charge on any atom is -0.385 e. The Kier molecular flexibility index (Phi) is 3.28. The van der Waals surface area contributed by atoms with Gasteiger partial charge in [0.25, 0.3) is 0 Å². The zero-order valence-electron chi connectivity index (χ0n) is 10.6. The van der Waals surface area contributed by atoms with Crippen LogP contribution in [-0.2, 0) is 5.60 Å². The van der Waals surface area contributed by atoms with Gasteiger partial charge < -0.3 is 5.11 Å². The number of benzene rings is 1. The quantitative estimate of drug-likeness (QED) is 0.856. The third kappa shape index (κ3) is 2.37. The van der Waals surface area contributed by atoms with E-state index in [1.54, 1.807) is 6.07 Å². The lowest BCUT2D eigenvalue weighted by molar-refractivity contribution is 0.00805. The molecule has 0 radical (unpaired) electrons. The van der Waals surface area contributed by atoms with Gasteiger partial charge in [-0.05, 0) is 43.4 Å². The van der Waals surface area contributed by atoms with Crippen LogP contribution < -0.4 is 0 Å². The van der Waals surface area contributed by atoms with Crippen LogP contribution >= 0.6 is 11.8 Å². The van der Waals surface area contributed by atoms with Crippen molar-refractivity contribution >= 4 is 11.8 Å². The van der Waals surface area contributed by atoms with Gasteiger partial charge in [-0.3, -0.25) is 0 Å². The topological polar surface area (TPSA) is 44.0 Å². The highest BCUT2D eigenvalue weighted by atomic mass is 32.2. The van der Waals surface area contributed by atoms with Gasteiger partial charge >= 0.3 is 0 Å². The van der Waals surface area contributed by atoms with Crippen molar-refractivity contribution in [3.63, 3.8) is 0 Å². The highest BCUT2D eigenvalue weighted by molar-refractivity contribution is 8.00. The SMILES string of the molecule is N#Cc1cc(C2(O)CC3CCCC(C2)S3)ccc1F. The second-order valence-electron chi connectivity index (χ2n) is 5.56. The number of hydrogen-bond donors (Lipinski definition) is 1. The molecule has 0 aliphatic carbocycles. The summed E-state index contributed by atoms with van der Waals surface area (Å²) in [5.41, 5.74) is -0.169. The van der Waals surface area contributed by atoms with Crippen LogP contribution in [0.3, 0.4) is 0 Å². The van der Waals surface area contributed by atoms with Crippen molar-refractivity contribution in [2.24, 2.45) is 0 Å². The van der Waals surface area contributed by atoms with E-state index in [1.165, 1.54) is 18.6 Å². The normalized spacial score (nSPS) is 33.7. The molecule has 1 N–H and O–H groups in total. The van der Waals surface area contributed by atoms with Crippen LogP contribution in [-0.4, -0.2) is 15.6 Å². The van der Waals surface area contributed by atoms with Crippen molar-refractivity contribution < 1.29 is 9.50 Å². The highest BCUT2D eigenvalue weighted by Crippen LogP contribution is 2.49. The molecule has 19 heavy (non-hydrogen) atoms. The fraction of sp³-hybridized carbons (Fsp3) is 0.533. The standard InChI is InChI=1S/C15H16FNOS/c16-14-5-4-11(6-10(14)9-17)15(18)7-12-2-1-3-13(8-15)19-12/h4-6,12-13,18H,1-3,7-8H2. The van der Waals surface area contributed by atoms with E-state index in [-0.39, 0.29) is 5.56 Å². The lowest BCUT2D eigenvalue weighted by Crippen LogP contribution is -2.40. The average Bonchev–Trinajstić information content (AvgIpc) is 2.38. The molecule has 0 saturated carbocycles. The van der Waals surface area contributed by atoms with Crippen LogP contribution in [0.5, 0.6) is 0 Å². The van der Waals surface area contributed by atoms with Gasteiger partial charge in [0.1, 0.15) is 11.9 Å². The van der Waals surface area contributed by atoms with Gasteiger partial charge in [-0.25, -0.2) is 4.39 Å². The lowest BCUT2D eigenvalue weighted by Gasteiger charge is -2.44. The Morgan fingerprint density at radius 3 is 2.63 bits per heavy atom. The molecule has 1 aromatic rings. The zero-order valence-corrected chi connectivity index (χ0v) is 11.4. The minimum atomic E-state index is -0.889. The number of halogens is 1. The van der Waals surface area contributed by atoms with E-state index in [4.69, 9.17) is 5.26 Å². The van der Waals surface area contributed by atoms with Crippen molar-refractivity contribution in [2.75, 3.05) is 0 Å². The summed E-state index contributed by atoms with van der Waals surface area (Å²) in [6.45, 7) is 0. The maximum atomic E-state index is 13.4. The summed E-state index contributed by atoms with van der Waals surface area (Å²) >= 11 is 1.98. The maximum Gasteiger partial charge on any atom is 0.140 e. The van der Waals surface area contributed by atoms with Gasteiger partial charge in [-0.1, -0.05) is 12.5 Å². The molecule has 2 saturated heterocycles. The van der Waals surface area contributed by atoms with E-state index in [9.17, 15) is 9.50 Å². The summed E-state index contributed by atoms with van der Waals surface area (Å²) in [6.07, 6.45) is 4.96. The van der Waals surface area contributed by atoms with E-state index in [0.29, 0.717) is 28.9 Å². The Morgan fingerprint density at radius 1 is 1.32 bits per heavy atom. The molecule has 0 amide bonds. The molecular weight excluding hydrogens is 261 g/mol. The summed E-state index contributed by atoms with van der Waals surface area (Å²) < 4.78 is 13.4. The van der Waals surface area contributed by atoms with Crippen molar-refractivity contribution in [1.82, 2.24) is 0 Å². The molecule has 100 valence electrons. The van der Waals surface area contributed by atoms with Gasteiger partial charge in [0, 0.05) is 10.5 Å². The van der Waals surface area contributed by atoms with Crippen molar-refractivity contribution in [1.29, 1.82) is 5.26 Å². The smallest absolute Gasteiger partial charge is 0.140 e. The molecule has 2 aliphatic heterocycles. The Labute approximate surface area is 116 Å². The zero-order chi connectivity index (χ0) is 13.5. The van der Waals surface area contributed by atoms with Crippen LogP contribution in [0.15, 0.2) is 18.2 Å². The molecule has 2 unspecified atom stereocenters. The fourth-order valence-corrected chi connectivity index (χ4v) is 5.15. The first-order valence-corrected chi connectivity index (χ1v) is 7.63. The Morgan fingerprint density at radius 2 is 2.00 bits per heavy atom. The molecule has 2 heterocycles. The van der Waals surface area contributed by atoms with Gasteiger partial charge in [0.2, 0.25) is 0 Å². The van der Waals surface area contributed by atoms with Gasteiger partial charge in [0.05, 0.1) is 11.2 Å². The Hall–Kier alpha value is -1.05. The Balaban J connectivity index is 1.94. The molecule has 2 nitrogen and oxygen atoms in total. The van der Waals surface area contributed by atoms with E-state index >= 15 is 0 Å². The first kappa shape index (κ1) is 13.0. The largest absolute Gasteiger partial charge is 0.385 e. The third-order valence-corrected chi connectivity index (χ3v) is 5.77. The molecular formula is C15H16FNOS. The van der Waals surface area contributed by atoms with Gasteiger partial charge in [0.15, 0.2) is 0 Å². The summed E-state index contributed by atoms with van der Waals surface area (Å²) in [7, 11) is 0. The number of thioether (sulfide) groups is 1. The van der Waals surface area contributed by atoms with Crippen LogP contribution in [0.4, 0.5) is 4.39 Å². The lowest BCUT2D eigenvalue weighted by atomic mass is 9.80. The fourth-order valence-electron chi connectivity index (χ4n) is 3.25. The first-order chi connectivity index (χ1) is 9.10. The van der Waals surface area contributed by atoms with Crippen molar-refractivity contribution in [2.45, 2.75) is 48.2 Å². The molecule has 2 fully saturated rings. The van der Waals surface area contributed by atoms with Crippen LogP contribution in [0.25, 0.3) is 0 Å². The summed E-state index contributed by atoms with van der Waals surface area (Å²) in [6, 6.07) is 6.29.